The van der Waals surface area contributed by atoms with Crippen molar-refractivity contribution in [1.82, 2.24) is 9.72 Å². The summed E-state index contributed by atoms with van der Waals surface area (Å²) in [7, 11) is 1.66. The van der Waals surface area contributed by atoms with E-state index in [9.17, 15) is 4.79 Å². The highest BCUT2D eigenvalue weighted by molar-refractivity contribution is 6.35. The Morgan fingerprint density at radius 1 is 1.60 bits per heavy atom. The van der Waals surface area contributed by atoms with Crippen LogP contribution in [0.2, 0.25) is 5.02 Å². The second-order valence-corrected chi connectivity index (χ2v) is 3.45. The molecule has 2 rings (SSSR count). The Hall–Kier alpha value is -1.75. The van der Waals surface area contributed by atoms with Crippen molar-refractivity contribution in [2.45, 2.75) is 0 Å². The van der Waals surface area contributed by atoms with Gasteiger partial charge < -0.3 is 14.8 Å². The number of rotatable bonds is 1. The number of halogens is 1. The average Bonchev–Trinajstić information content (AvgIpc) is 2.53. The molecular weight excluding hydrogens is 218 g/mol. The summed E-state index contributed by atoms with van der Waals surface area (Å²) in [4.78, 5) is 11.4. The minimum atomic E-state index is -0.154. The number of nitrogen functional groups attached to an aromatic ring is 1. The Balaban J connectivity index is 2.60. The molecule has 6 heteroatoms. The van der Waals surface area contributed by atoms with Crippen LogP contribution >= 0.6 is 11.6 Å². The summed E-state index contributed by atoms with van der Waals surface area (Å²) in [6.45, 7) is 0. The summed E-state index contributed by atoms with van der Waals surface area (Å²) in [5.41, 5.74) is 5.83. The monoisotopic (exact) mass is 225 g/mol. The van der Waals surface area contributed by atoms with Crippen molar-refractivity contribution in [2.75, 3.05) is 5.73 Å². The van der Waals surface area contributed by atoms with E-state index < -0.39 is 0 Å². The fraction of sp³-hybridized carbons (Fsp3) is 0.111. The molecule has 0 atom stereocenters. The maximum absolute atomic E-state index is 11.4. The van der Waals surface area contributed by atoms with E-state index in [2.05, 4.69) is 5.16 Å². The molecule has 0 aliphatic heterocycles. The van der Waals surface area contributed by atoms with Gasteiger partial charge in [0.15, 0.2) is 11.6 Å². The standard InChI is InChI=1S/C9H8ClN3O2/c1-13-3-2-5(4-6(13)14)8-7(10)9(11)12-15-8/h2-4H,1H3,(H2,11,12). The van der Waals surface area contributed by atoms with E-state index in [1.54, 1.807) is 19.3 Å². The maximum atomic E-state index is 11.4. The summed E-state index contributed by atoms with van der Waals surface area (Å²) < 4.78 is 6.36. The van der Waals surface area contributed by atoms with E-state index in [0.717, 1.165) is 0 Å². The van der Waals surface area contributed by atoms with Crippen molar-refractivity contribution >= 4 is 17.4 Å². The predicted molar refractivity (Wildman–Crippen MR) is 56.6 cm³/mol. The molecule has 0 unspecified atom stereocenters. The lowest BCUT2D eigenvalue weighted by molar-refractivity contribution is 0.435. The van der Waals surface area contributed by atoms with Gasteiger partial charge in [0.25, 0.3) is 5.56 Å². The number of nitrogens with two attached hydrogens (primary N) is 1. The molecule has 2 N–H and O–H groups in total. The zero-order valence-electron chi connectivity index (χ0n) is 7.90. The Morgan fingerprint density at radius 2 is 2.33 bits per heavy atom. The van der Waals surface area contributed by atoms with Crippen LogP contribution in [0.15, 0.2) is 27.6 Å². The number of aryl methyl sites for hydroxylation is 1. The van der Waals surface area contributed by atoms with Crippen LogP contribution in [-0.2, 0) is 7.05 Å². The molecule has 0 spiro atoms. The summed E-state index contributed by atoms with van der Waals surface area (Å²) in [5.74, 6) is 0.430. The smallest absolute Gasteiger partial charge is 0.250 e. The fourth-order valence-corrected chi connectivity index (χ4v) is 1.34. The first-order chi connectivity index (χ1) is 7.09. The molecule has 2 aromatic rings. The fourth-order valence-electron chi connectivity index (χ4n) is 1.16. The van der Waals surface area contributed by atoms with Gasteiger partial charge in [-0.05, 0) is 6.07 Å². The van der Waals surface area contributed by atoms with Gasteiger partial charge >= 0.3 is 0 Å². The zero-order chi connectivity index (χ0) is 11.0. The third-order valence-electron chi connectivity index (χ3n) is 2.03. The van der Waals surface area contributed by atoms with Gasteiger partial charge in [-0.25, -0.2) is 0 Å². The van der Waals surface area contributed by atoms with E-state index in [1.165, 1.54) is 10.6 Å². The van der Waals surface area contributed by atoms with Gasteiger partial charge in [-0.2, -0.15) is 0 Å². The average molecular weight is 226 g/mol. The van der Waals surface area contributed by atoms with Crippen molar-refractivity contribution in [2.24, 2.45) is 7.05 Å². The van der Waals surface area contributed by atoms with Crippen LogP contribution in [0.4, 0.5) is 5.82 Å². The van der Waals surface area contributed by atoms with Gasteiger partial charge in [0.2, 0.25) is 0 Å². The van der Waals surface area contributed by atoms with E-state index in [1.807, 2.05) is 0 Å². The van der Waals surface area contributed by atoms with Crippen molar-refractivity contribution in [3.63, 3.8) is 0 Å². The molecular formula is C9H8ClN3O2. The van der Waals surface area contributed by atoms with E-state index in [-0.39, 0.29) is 16.4 Å². The Labute approximate surface area is 90.1 Å². The predicted octanol–water partition coefficient (Wildman–Crippen LogP) is 1.28. The van der Waals surface area contributed by atoms with Crippen molar-refractivity contribution in [1.29, 1.82) is 0 Å². The highest BCUT2D eigenvalue weighted by Gasteiger charge is 2.13. The van der Waals surface area contributed by atoms with Crippen LogP contribution < -0.4 is 11.3 Å². The molecule has 15 heavy (non-hydrogen) atoms. The zero-order valence-corrected chi connectivity index (χ0v) is 8.65. The molecule has 0 aliphatic carbocycles. The normalized spacial score (nSPS) is 10.5. The lowest BCUT2D eigenvalue weighted by Gasteiger charge is -1.98. The maximum Gasteiger partial charge on any atom is 0.250 e. The van der Waals surface area contributed by atoms with Gasteiger partial charge in [-0.1, -0.05) is 16.8 Å². The van der Waals surface area contributed by atoms with Crippen LogP contribution in [0, 0.1) is 0 Å². The Bertz CT molecular complexity index is 559. The first-order valence-corrected chi connectivity index (χ1v) is 4.55. The molecule has 2 heterocycles. The minimum Gasteiger partial charge on any atom is -0.380 e. The molecule has 0 amide bonds. The van der Waals surface area contributed by atoms with Gasteiger partial charge in [-0.15, -0.1) is 0 Å². The summed E-state index contributed by atoms with van der Waals surface area (Å²) >= 11 is 5.85. The molecule has 5 nitrogen and oxygen atoms in total. The number of aromatic nitrogens is 2. The van der Waals surface area contributed by atoms with Crippen molar-refractivity contribution < 1.29 is 4.52 Å². The second kappa shape index (κ2) is 3.43. The van der Waals surface area contributed by atoms with Crippen LogP contribution in [0.25, 0.3) is 11.3 Å². The molecule has 0 bridgehead atoms. The quantitative estimate of drug-likeness (QED) is 0.793. The van der Waals surface area contributed by atoms with Crippen LogP contribution in [0.1, 0.15) is 0 Å². The summed E-state index contributed by atoms with van der Waals surface area (Å²) in [6, 6.07) is 3.11. The topological polar surface area (TPSA) is 74.1 Å². The lowest BCUT2D eigenvalue weighted by Crippen LogP contribution is -2.13. The molecule has 0 aliphatic rings. The Morgan fingerprint density at radius 3 is 2.87 bits per heavy atom. The van der Waals surface area contributed by atoms with E-state index in [4.69, 9.17) is 21.9 Å². The van der Waals surface area contributed by atoms with Crippen LogP contribution in [0.3, 0.4) is 0 Å². The van der Waals surface area contributed by atoms with Crippen LogP contribution in [-0.4, -0.2) is 9.72 Å². The second-order valence-electron chi connectivity index (χ2n) is 3.08. The number of hydrogen-bond donors (Lipinski definition) is 1. The lowest BCUT2D eigenvalue weighted by atomic mass is 10.2. The molecule has 0 radical (unpaired) electrons. The first kappa shape index (κ1) is 9.79. The van der Waals surface area contributed by atoms with E-state index >= 15 is 0 Å². The molecule has 2 aromatic heterocycles. The third-order valence-corrected chi connectivity index (χ3v) is 2.39. The van der Waals surface area contributed by atoms with E-state index in [0.29, 0.717) is 11.3 Å². The number of anilines is 1. The van der Waals surface area contributed by atoms with Gasteiger partial charge in [0, 0.05) is 24.9 Å². The third kappa shape index (κ3) is 1.61. The minimum absolute atomic E-state index is 0.118. The number of nitrogens with zero attached hydrogens (tertiary/aromatic N) is 2. The van der Waals surface area contributed by atoms with Crippen molar-refractivity contribution in [3.8, 4) is 11.3 Å². The number of pyridine rings is 1. The highest BCUT2D eigenvalue weighted by atomic mass is 35.5. The number of hydrogen-bond acceptors (Lipinski definition) is 4. The van der Waals surface area contributed by atoms with Crippen molar-refractivity contribution in [3.05, 3.63) is 33.7 Å². The summed E-state index contributed by atoms with van der Waals surface area (Å²) in [6.07, 6.45) is 1.62. The molecule has 78 valence electrons. The molecule has 0 saturated carbocycles. The van der Waals surface area contributed by atoms with Gasteiger partial charge in [-0.3, -0.25) is 4.79 Å². The molecule has 0 fully saturated rings. The highest BCUT2D eigenvalue weighted by Crippen LogP contribution is 2.30. The first-order valence-electron chi connectivity index (χ1n) is 4.17. The molecule has 0 aromatic carbocycles. The molecule has 0 saturated heterocycles. The SMILES string of the molecule is Cn1ccc(-c2onc(N)c2Cl)cc1=O. The summed E-state index contributed by atoms with van der Waals surface area (Å²) in [5, 5.41) is 3.73. The largest absolute Gasteiger partial charge is 0.380 e. The van der Waals surface area contributed by atoms with Gasteiger partial charge in [0.05, 0.1) is 0 Å². The van der Waals surface area contributed by atoms with Gasteiger partial charge in [0.1, 0.15) is 5.02 Å². The van der Waals surface area contributed by atoms with Crippen LogP contribution in [0.5, 0.6) is 0 Å². The Kier molecular flexibility index (Phi) is 2.24.